The molecule has 15 heavy (non-hydrogen) atoms. The van der Waals surface area contributed by atoms with Crippen molar-refractivity contribution in [2.75, 3.05) is 13.1 Å². The van der Waals surface area contributed by atoms with Crippen LogP contribution >= 0.6 is 0 Å². The van der Waals surface area contributed by atoms with Crippen LogP contribution in [-0.4, -0.2) is 23.9 Å². The molecule has 0 unspecified atom stereocenters. The summed E-state index contributed by atoms with van der Waals surface area (Å²) in [6, 6.07) is 7.59. The van der Waals surface area contributed by atoms with E-state index in [1.54, 1.807) is 6.07 Å². The first-order valence-corrected chi connectivity index (χ1v) is 5.37. The van der Waals surface area contributed by atoms with Crippen molar-refractivity contribution in [2.45, 2.75) is 19.4 Å². The Kier molecular flexibility index (Phi) is 3.02. The standard InChI is InChI=1S/C12H16N2O/c13-12(15)11-5-3-4-10(8-11)9-14-6-1-2-7-14/h3-5,8H,1-2,6-7,9H2,(H2,13,15). The van der Waals surface area contributed by atoms with E-state index in [2.05, 4.69) is 4.90 Å². The molecule has 1 amide bonds. The molecule has 2 N–H and O–H groups in total. The molecule has 0 radical (unpaired) electrons. The van der Waals surface area contributed by atoms with Gasteiger partial charge in [0.05, 0.1) is 0 Å². The van der Waals surface area contributed by atoms with E-state index in [1.165, 1.54) is 31.5 Å². The third-order valence-electron chi connectivity index (χ3n) is 2.82. The van der Waals surface area contributed by atoms with Crippen LogP contribution in [0.2, 0.25) is 0 Å². The predicted molar refractivity (Wildman–Crippen MR) is 59.5 cm³/mol. The lowest BCUT2D eigenvalue weighted by Crippen LogP contribution is -2.19. The van der Waals surface area contributed by atoms with Gasteiger partial charge in [0.1, 0.15) is 0 Å². The molecule has 0 spiro atoms. The van der Waals surface area contributed by atoms with Crippen LogP contribution in [0.5, 0.6) is 0 Å². The van der Waals surface area contributed by atoms with Crippen molar-refractivity contribution in [1.29, 1.82) is 0 Å². The zero-order chi connectivity index (χ0) is 10.7. The molecule has 1 aliphatic rings. The lowest BCUT2D eigenvalue weighted by Gasteiger charge is -2.14. The molecule has 3 heteroatoms. The van der Waals surface area contributed by atoms with Crippen LogP contribution in [0.15, 0.2) is 24.3 Å². The molecule has 1 aliphatic heterocycles. The minimum absolute atomic E-state index is 0.349. The molecule has 2 rings (SSSR count). The van der Waals surface area contributed by atoms with Gasteiger partial charge in [-0.25, -0.2) is 0 Å². The highest BCUT2D eigenvalue weighted by Crippen LogP contribution is 2.13. The zero-order valence-corrected chi connectivity index (χ0v) is 8.78. The molecule has 1 saturated heterocycles. The van der Waals surface area contributed by atoms with Crippen molar-refractivity contribution < 1.29 is 4.79 Å². The highest BCUT2D eigenvalue weighted by atomic mass is 16.1. The first kappa shape index (κ1) is 10.2. The van der Waals surface area contributed by atoms with Gasteiger partial charge in [-0.3, -0.25) is 9.69 Å². The molecule has 1 aromatic carbocycles. The average molecular weight is 204 g/mol. The number of rotatable bonds is 3. The second-order valence-corrected chi connectivity index (χ2v) is 4.05. The fourth-order valence-electron chi connectivity index (χ4n) is 2.02. The van der Waals surface area contributed by atoms with Gasteiger partial charge >= 0.3 is 0 Å². The summed E-state index contributed by atoms with van der Waals surface area (Å²) in [5.74, 6) is -0.349. The minimum Gasteiger partial charge on any atom is -0.366 e. The van der Waals surface area contributed by atoms with Gasteiger partial charge in [0.25, 0.3) is 0 Å². The summed E-state index contributed by atoms with van der Waals surface area (Å²) in [5, 5.41) is 0. The largest absolute Gasteiger partial charge is 0.366 e. The fraction of sp³-hybridized carbons (Fsp3) is 0.417. The van der Waals surface area contributed by atoms with E-state index in [0.717, 1.165) is 6.54 Å². The van der Waals surface area contributed by atoms with Gasteiger partial charge < -0.3 is 5.73 Å². The van der Waals surface area contributed by atoms with Gasteiger partial charge in [-0.05, 0) is 43.6 Å². The molecule has 0 aromatic heterocycles. The van der Waals surface area contributed by atoms with E-state index in [9.17, 15) is 4.79 Å². The van der Waals surface area contributed by atoms with Crippen molar-refractivity contribution >= 4 is 5.91 Å². The zero-order valence-electron chi connectivity index (χ0n) is 8.78. The summed E-state index contributed by atoms with van der Waals surface area (Å²) in [5.41, 5.74) is 7.02. The first-order valence-electron chi connectivity index (χ1n) is 5.37. The second-order valence-electron chi connectivity index (χ2n) is 4.05. The van der Waals surface area contributed by atoms with Crippen molar-refractivity contribution in [1.82, 2.24) is 4.90 Å². The number of carbonyl (C=O) groups is 1. The van der Waals surface area contributed by atoms with E-state index >= 15 is 0 Å². The lowest BCUT2D eigenvalue weighted by molar-refractivity contribution is 0.1000. The van der Waals surface area contributed by atoms with Gasteiger partial charge in [-0.15, -0.1) is 0 Å². The summed E-state index contributed by atoms with van der Waals surface area (Å²) < 4.78 is 0. The van der Waals surface area contributed by atoms with Crippen molar-refractivity contribution in [3.8, 4) is 0 Å². The molecular weight excluding hydrogens is 188 g/mol. The molecule has 80 valence electrons. The Labute approximate surface area is 89.9 Å². The Hall–Kier alpha value is -1.35. The number of hydrogen-bond acceptors (Lipinski definition) is 2. The van der Waals surface area contributed by atoms with Gasteiger partial charge in [0, 0.05) is 12.1 Å². The normalized spacial score (nSPS) is 16.8. The van der Waals surface area contributed by atoms with Crippen LogP contribution in [0, 0.1) is 0 Å². The number of amides is 1. The fourth-order valence-corrected chi connectivity index (χ4v) is 2.02. The maximum absolute atomic E-state index is 11.0. The number of benzene rings is 1. The van der Waals surface area contributed by atoms with E-state index < -0.39 is 0 Å². The number of primary amides is 1. The summed E-state index contributed by atoms with van der Waals surface area (Å²) in [4.78, 5) is 13.4. The molecule has 1 heterocycles. The summed E-state index contributed by atoms with van der Waals surface area (Å²) in [6.45, 7) is 3.27. The van der Waals surface area contributed by atoms with Gasteiger partial charge in [-0.1, -0.05) is 12.1 Å². The second kappa shape index (κ2) is 4.45. The van der Waals surface area contributed by atoms with Crippen LogP contribution in [0.3, 0.4) is 0 Å². The Morgan fingerprint density at radius 3 is 2.73 bits per heavy atom. The highest BCUT2D eigenvalue weighted by molar-refractivity contribution is 5.92. The van der Waals surface area contributed by atoms with Crippen LogP contribution in [0.25, 0.3) is 0 Å². The smallest absolute Gasteiger partial charge is 0.248 e. The average Bonchev–Trinajstić information content (AvgIpc) is 2.71. The van der Waals surface area contributed by atoms with Gasteiger partial charge in [-0.2, -0.15) is 0 Å². The topological polar surface area (TPSA) is 46.3 Å². The van der Waals surface area contributed by atoms with Crippen molar-refractivity contribution in [3.63, 3.8) is 0 Å². The maximum Gasteiger partial charge on any atom is 0.248 e. The third-order valence-corrected chi connectivity index (χ3v) is 2.82. The molecule has 1 fully saturated rings. The molecule has 1 aromatic rings. The van der Waals surface area contributed by atoms with Gasteiger partial charge in [0.15, 0.2) is 0 Å². The van der Waals surface area contributed by atoms with Crippen molar-refractivity contribution in [3.05, 3.63) is 35.4 Å². The lowest BCUT2D eigenvalue weighted by atomic mass is 10.1. The van der Waals surface area contributed by atoms with Crippen LogP contribution < -0.4 is 5.73 Å². The van der Waals surface area contributed by atoms with Gasteiger partial charge in [0.2, 0.25) is 5.91 Å². The summed E-state index contributed by atoms with van der Waals surface area (Å²) in [6.07, 6.45) is 2.57. The Balaban J connectivity index is 2.07. The minimum atomic E-state index is -0.349. The summed E-state index contributed by atoms with van der Waals surface area (Å²) in [7, 11) is 0. The molecule has 0 aliphatic carbocycles. The van der Waals surface area contributed by atoms with Crippen LogP contribution in [-0.2, 0) is 6.54 Å². The number of nitrogens with two attached hydrogens (primary N) is 1. The predicted octanol–water partition coefficient (Wildman–Crippen LogP) is 1.38. The third kappa shape index (κ3) is 2.57. The Bertz CT molecular complexity index is 356. The number of likely N-dealkylation sites (tertiary alicyclic amines) is 1. The molecule has 0 saturated carbocycles. The highest BCUT2D eigenvalue weighted by Gasteiger charge is 2.12. The Morgan fingerprint density at radius 2 is 2.07 bits per heavy atom. The molecular formula is C12H16N2O. The van der Waals surface area contributed by atoms with Crippen molar-refractivity contribution in [2.24, 2.45) is 5.73 Å². The Morgan fingerprint density at radius 1 is 1.33 bits per heavy atom. The van der Waals surface area contributed by atoms with E-state index in [0.29, 0.717) is 5.56 Å². The van der Waals surface area contributed by atoms with E-state index in [-0.39, 0.29) is 5.91 Å². The van der Waals surface area contributed by atoms with E-state index in [1.807, 2.05) is 18.2 Å². The first-order chi connectivity index (χ1) is 7.25. The molecule has 0 bridgehead atoms. The molecule has 0 atom stereocenters. The maximum atomic E-state index is 11.0. The number of nitrogens with zero attached hydrogens (tertiary/aromatic N) is 1. The molecule has 3 nitrogen and oxygen atoms in total. The quantitative estimate of drug-likeness (QED) is 0.808. The van der Waals surface area contributed by atoms with Crippen LogP contribution in [0.1, 0.15) is 28.8 Å². The summed E-state index contributed by atoms with van der Waals surface area (Å²) >= 11 is 0. The monoisotopic (exact) mass is 204 g/mol. The SMILES string of the molecule is NC(=O)c1cccc(CN2CCCC2)c1. The van der Waals surface area contributed by atoms with E-state index in [4.69, 9.17) is 5.73 Å². The van der Waals surface area contributed by atoms with Crippen LogP contribution in [0.4, 0.5) is 0 Å². The number of hydrogen-bond donors (Lipinski definition) is 1. The number of carbonyl (C=O) groups excluding carboxylic acids is 1.